The number of benzene rings is 2. The molecular formula is C16H10ClFN2O3. The van der Waals surface area contributed by atoms with E-state index in [2.05, 4.69) is 17.2 Å². The number of carbonyl (C=O) groups excluding carboxylic acids is 1. The van der Waals surface area contributed by atoms with Gasteiger partial charge in [0.2, 0.25) is 0 Å². The van der Waals surface area contributed by atoms with Crippen molar-refractivity contribution in [2.24, 2.45) is 0 Å². The summed E-state index contributed by atoms with van der Waals surface area (Å²) in [5.74, 6) is 4.40. The van der Waals surface area contributed by atoms with Gasteiger partial charge in [-0.05, 0) is 36.4 Å². The zero-order valence-electron chi connectivity index (χ0n) is 11.7. The Balaban J connectivity index is 2.05. The molecule has 5 nitrogen and oxygen atoms in total. The lowest BCUT2D eigenvalue weighted by Gasteiger charge is -2.03. The van der Waals surface area contributed by atoms with Crippen LogP contribution in [0.1, 0.15) is 15.9 Å². The van der Waals surface area contributed by atoms with E-state index in [1.165, 1.54) is 42.5 Å². The number of hydrogen-bond acceptors (Lipinski definition) is 3. The fraction of sp³-hybridized carbons (Fsp3) is 0.0625. The van der Waals surface area contributed by atoms with Crippen molar-refractivity contribution < 1.29 is 14.1 Å². The molecule has 23 heavy (non-hydrogen) atoms. The van der Waals surface area contributed by atoms with Gasteiger partial charge in [-0.3, -0.25) is 14.9 Å². The molecule has 2 aromatic carbocycles. The predicted octanol–water partition coefficient (Wildman–Crippen LogP) is 3.17. The third kappa shape index (κ3) is 4.53. The molecule has 0 spiro atoms. The molecule has 0 unspecified atom stereocenters. The van der Waals surface area contributed by atoms with Crippen molar-refractivity contribution in [3.8, 4) is 11.8 Å². The highest BCUT2D eigenvalue weighted by Gasteiger charge is 2.19. The quantitative estimate of drug-likeness (QED) is 0.533. The van der Waals surface area contributed by atoms with Gasteiger partial charge in [0.15, 0.2) is 0 Å². The first kappa shape index (κ1) is 16.5. The number of halogens is 2. The van der Waals surface area contributed by atoms with Crippen LogP contribution in [0.25, 0.3) is 0 Å². The molecule has 1 amide bonds. The van der Waals surface area contributed by atoms with Gasteiger partial charge in [-0.1, -0.05) is 23.4 Å². The number of hydrogen-bond donors (Lipinski definition) is 1. The van der Waals surface area contributed by atoms with Gasteiger partial charge in [0, 0.05) is 16.7 Å². The van der Waals surface area contributed by atoms with Crippen molar-refractivity contribution in [1.82, 2.24) is 5.32 Å². The number of amides is 1. The Morgan fingerprint density at radius 2 is 1.96 bits per heavy atom. The molecule has 0 aromatic heterocycles. The van der Waals surface area contributed by atoms with Gasteiger partial charge in [-0.15, -0.1) is 0 Å². The lowest BCUT2D eigenvalue weighted by molar-refractivity contribution is -0.385. The topological polar surface area (TPSA) is 72.2 Å². The number of rotatable bonds is 3. The van der Waals surface area contributed by atoms with Crippen LogP contribution in [0.15, 0.2) is 42.5 Å². The second kappa shape index (κ2) is 7.38. The number of nitrogens with zero attached hydrogens (tertiary/aromatic N) is 1. The second-order valence-corrected chi connectivity index (χ2v) is 4.85. The Morgan fingerprint density at radius 1 is 1.26 bits per heavy atom. The number of nitro benzene ring substituents is 1. The van der Waals surface area contributed by atoms with E-state index >= 15 is 0 Å². The third-order valence-electron chi connectivity index (χ3n) is 2.81. The number of nitrogens with one attached hydrogen (secondary N) is 1. The first-order chi connectivity index (χ1) is 11.0. The first-order valence-corrected chi connectivity index (χ1v) is 6.82. The van der Waals surface area contributed by atoms with Crippen LogP contribution in [-0.4, -0.2) is 17.4 Å². The van der Waals surface area contributed by atoms with E-state index in [0.717, 1.165) is 0 Å². The Morgan fingerprint density at radius 3 is 2.61 bits per heavy atom. The lowest BCUT2D eigenvalue weighted by atomic mass is 10.1. The molecule has 1 N–H and O–H groups in total. The van der Waals surface area contributed by atoms with Crippen LogP contribution >= 0.6 is 11.6 Å². The molecule has 116 valence electrons. The van der Waals surface area contributed by atoms with E-state index in [0.29, 0.717) is 5.56 Å². The standard InChI is InChI=1S/C16H10ClFN2O3/c17-12-5-8-15(20(22)23)14(10-12)16(21)19-9-1-2-11-3-6-13(18)7-4-11/h3-8,10H,9H2,(H,19,21). The normalized spacial score (nSPS) is 9.65. The van der Waals surface area contributed by atoms with Gasteiger partial charge < -0.3 is 5.32 Å². The molecule has 2 rings (SSSR count). The van der Waals surface area contributed by atoms with Crippen molar-refractivity contribution in [3.63, 3.8) is 0 Å². The Bertz CT molecular complexity index is 810. The van der Waals surface area contributed by atoms with Crippen LogP contribution < -0.4 is 5.32 Å². The van der Waals surface area contributed by atoms with Crippen molar-refractivity contribution >= 4 is 23.2 Å². The molecule has 0 bridgehead atoms. The Kier molecular flexibility index (Phi) is 5.28. The molecular weight excluding hydrogens is 323 g/mol. The van der Waals surface area contributed by atoms with Crippen molar-refractivity contribution in [1.29, 1.82) is 0 Å². The monoisotopic (exact) mass is 332 g/mol. The summed E-state index contributed by atoms with van der Waals surface area (Å²) in [5.41, 5.74) is 0.124. The smallest absolute Gasteiger partial charge is 0.282 e. The van der Waals surface area contributed by atoms with E-state index in [1.54, 1.807) is 0 Å². The van der Waals surface area contributed by atoms with Crippen LogP contribution in [0.4, 0.5) is 10.1 Å². The summed E-state index contributed by atoms with van der Waals surface area (Å²) in [6.07, 6.45) is 0. The summed E-state index contributed by atoms with van der Waals surface area (Å²) in [7, 11) is 0. The first-order valence-electron chi connectivity index (χ1n) is 6.44. The molecule has 0 saturated heterocycles. The fourth-order valence-corrected chi connectivity index (χ4v) is 1.92. The van der Waals surface area contributed by atoms with Crippen molar-refractivity contribution in [2.45, 2.75) is 0 Å². The van der Waals surface area contributed by atoms with Crippen LogP contribution in [0.2, 0.25) is 5.02 Å². The Labute approximate surface area is 136 Å². The highest BCUT2D eigenvalue weighted by atomic mass is 35.5. The van der Waals surface area contributed by atoms with Gasteiger partial charge in [-0.25, -0.2) is 4.39 Å². The minimum Gasteiger partial charge on any atom is -0.341 e. The van der Waals surface area contributed by atoms with E-state index in [4.69, 9.17) is 11.6 Å². The summed E-state index contributed by atoms with van der Waals surface area (Å²) in [6, 6.07) is 9.29. The number of carbonyl (C=O) groups is 1. The largest absolute Gasteiger partial charge is 0.341 e. The highest BCUT2D eigenvalue weighted by Crippen LogP contribution is 2.22. The Hall–Kier alpha value is -2.91. The summed E-state index contributed by atoms with van der Waals surface area (Å²) < 4.78 is 12.7. The third-order valence-corrected chi connectivity index (χ3v) is 3.05. The molecule has 0 aliphatic heterocycles. The lowest BCUT2D eigenvalue weighted by Crippen LogP contribution is -2.24. The molecule has 0 heterocycles. The highest BCUT2D eigenvalue weighted by molar-refractivity contribution is 6.31. The SMILES string of the molecule is O=C(NCC#Cc1ccc(F)cc1)c1cc(Cl)ccc1[N+](=O)[O-]. The van der Waals surface area contributed by atoms with Gasteiger partial charge >= 0.3 is 0 Å². The maximum atomic E-state index is 12.7. The molecule has 0 radical (unpaired) electrons. The average Bonchev–Trinajstić information content (AvgIpc) is 2.52. The van der Waals surface area contributed by atoms with Crippen LogP contribution in [-0.2, 0) is 0 Å². The number of nitro groups is 1. The maximum absolute atomic E-state index is 12.7. The zero-order chi connectivity index (χ0) is 16.8. The molecule has 0 aliphatic rings. The molecule has 7 heteroatoms. The summed E-state index contributed by atoms with van der Waals surface area (Å²) >= 11 is 5.76. The predicted molar refractivity (Wildman–Crippen MR) is 83.7 cm³/mol. The molecule has 2 aromatic rings. The van der Waals surface area contributed by atoms with Gasteiger partial charge in [-0.2, -0.15) is 0 Å². The molecule has 0 fully saturated rings. The van der Waals surface area contributed by atoms with Gasteiger partial charge in [0.25, 0.3) is 11.6 Å². The van der Waals surface area contributed by atoms with E-state index in [-0.39, 0.29) is 28.6 Å². The molecule has 0 aliphatic carbocycles. The molecule has 0 atom stereocenters. The van der Waals surface area contributed by atoms with E-state index in [9.17, 15) is 19.3 Å². The zero-order valence-corrected chi connectivity index (χ0v) is 12.4. The summed E-state index contributed by atoms with van der Waals surface area (Å²) in [5, 5.41) is 13.6. The van der Waals surface area contributed by atoms with Crippen molar-refractivity contribution in [3.05, 3.63) is 74.5 Å². The van der Waals surface area contributed by atoms with Gasteiger partial charge in [0.1, 0.15) is 11.4 Å². The summed E-state index contributed by atoms with van der Waals surface area (Å²) in [4.78, 5) is 22.2. The van der Waals surface area contributed by atoms with E-state index in [1.807, 2.05) is 0 Å². The van der Waals surface area contributed by atoms with Crippen LogP contribution in [0.5, 0.6) is 0 Å². The van der Waals surface area contributed by atoms with Crippen LogP contribution in [0.3, 0.4) is 0 Å². The van der Waals surface area contributed by atoms with E-state index < -0.39 is 10.8 Å². The van der Waals surface area contributed by atoms with Crippen molar-refractivity contribution in [2.75, 3.05) is 6.54 Å². The fourth-order valence-electron chi connectivity index (χ4n) is 1.75. The minimum atomic E-state index is -0.657. The van der Waals surface area contributed by atoms with Gasteiger partial charge in [0.05, 0.1) is 11.5 Å². The second-order valence-electron chi connectivity index (χ2n) is 4.41. The van der Waals surface area contributed by atoms with Crippen LogP contribution in [0, 0.1) is 27.8 Å². The molecule has 0 saturated carbocycles. The average molecular weight is 333 g/mol. The maximum Gasteiger partial charge on any atom is 0.282 e. The minimum absolute atomic E-state index is 0.0140. The summed E-state index contributed by atoms with van der Waals surface area (Å²) in [6.45, 7) is -0.0140.